The molecule has 0 fully saturated rings. The topological polar surface area (TPSA) is 173 Å². The summed E-state index contributed by atoms with van der Waals surface area (Å²) in [5, 5.41) is 17.4. The molecule has 0 saturated carbocycles. The molecule has 0 spiro atoms. The van der Waals surface area contributed by atoms with Crippen molar-refractivity contribution in [3.05, 3.63) is 24.3 Å². The number of allylic oxidation sites excluding steroid dienone is 1. The summed E-state index contributed by atoms with van der Waals surface area (Å²) in [4.78, 5) is 43.8. The number of carbonyl (C=O) groups excluding carboxylic acids is 1. The molecular weight excluding hydrogens is 381 g/mol. The van der Waals surface area contributed by atoms with Gasteiger partial charge in [0.1, 0.15) is 24.9 Å². The van der Waals surface area contributed by atoms with Crippen molar-refractivity contribution in [3.63, 3.8) is 0 Å². The van der Waals surface area contributed by atoms with Crippen LogP contribution in [0.3, 0.4) is 0 Å². The smallest absolute Gasteiger partial charge is 0.329 e. The third-order valence-electron chi connectivity index (χ3n) is 3.63. The van der Waals surface area contributed by atoms with Gasteiger partial charge in [-0.15, -0.1) is 6.58 Å². The number of ether oxygens (including phenoxy) is 2. The summed E-state index contributed by atoms with van der Waals surface area (Å²) < 4.78 is 22.6. The molecule has 11 heteroatoms. The van der Waals surface area contributed by atoms with Gasteiger partial charge in [0.2, 0.25) is 5.52 Å². The second-order valence-electron chi connectivity index (χ2n) is 5.61. The lowest BCUT2D eigenvalue weighted by atomic mass is 10.1. The molecule has 0 aliphatic carbocycles. The summed E-state index contributed by atoms with van der Waals surface area (Å²) in [7, 11) is -3.06. The van der Waals surface area contributed by atoms with Crippen molar-refractivity contribution in [3.8, 4) is 0 Å². The molecule has 4 unspecified atom stereocenters. The predicted molar refractivity (Wildman–Crippen MR) is 96.7 cm³/mol. The van der Waals surface area contributed by atoms with E-state index in [1.807, 2.05) is 0 Å². The first-order valence-corrected chi connectivity index (χ1v) is 9.89. The van der Waals surface area contributed by atoms with Crippen LogP contribution in [0.25, 0.3) is 0 Å². The van der Waals surface area contributed by atoms with Crippen LogP contribution in [0.1, 0.15) is 19.8 Å². The van der Waals surface area contributed by atoms with Crippen LogP contribution in [0, 0.1) is 0 Å². The highest BCUT2D eigenvalue weighted by atomic mass is 31.2. The highest BCUT2D eigenvalue weighted by molar-refractivity contribution is 7.76. The number of methoxy groups -OCH3 is 1. The summed E-state index contributed by atoms with van der Waals surface area (Å²) in [6.07, 6.45) is -0.0739. The zero-order valence-corrected chi connectivity index (χ0v) is 16.1. The number of rotatable bonds is 14. The Labute approximate surface area is 157 Å². The van der Waals surface area contributed by atoms with E-state index in [1.54, 1.807) is 6.92 Å². The van der Waals surface area contributed by atoms with E-state index in [0.29, 0.717) is 0 Å². The van der Waals surface area contributed by atoms with Crippen molar-refractivity contribution in [2.45, 2.75) is 38.0 Å². The van der Waals surface area contributed by atoms with Crippen LogP contribution in [0.4, 0.5) is 0 Å². The highest BCUT2D eigenvalue weighted by Gasteiger charge is 2.33. The lowest BCUT2D eigenvalue weighted by Crippen LogP contribution is -2.31. The quantitative estimate of drug-likeness (QED) is 0.181. The summed E-state index contributed by atoms with van der Waals surface area (Å²) >= 11 is 0. The molecule has 0 aromatic heterocycles. The SMILES string of the molecule is C=CC(OCC(=O)O)C(/C=C(\CC)C(=O)P(=O)(O)CCC(N)C(=O)O)OC. The van der Waals surface area contributed by atoms with Gasteiger partial charge < -0.3 is 30.3 Å². The maximum atomic E-state index is 12.4. The number of carbonyl (C=O) groups is 3. The van der Waals surface area contributed by atoms with Gasteiger partial charge in [-0.3, -0.25) is 14.2 Å². The molecule has 0 radical (unpaired) electrons. The fraction of sp³-hybridized carbons (Fsp3) is 0.562. The van der Waals surface area contributed by atoms with Crippen LogP contribution in [0.15, 0.2) is 24.3 Å². The molecule has 0 aromatic carbocycles. The number of carboxylic acids is 2. The van der Waals surface area contributed by atoms with E-state index < -0.39 is 55.9 Å². The molecule has 10 nitrogen and oxygen atoms in total. The van der Waals surface area contributed by atoms with Gasteiger partial charge in [-0.05, 0) is 18.9 Å². The summed E-state index contributed by atoms with van der Waals surface area (Å²) in [6.45, 7) is 4.48. The van der Waals surface area contributed by atoms with Crippen LogP contribution in [0.5, 0.6) is 0 Å². The molecule has 0 amide bonds. The minimum absolute atomic E-state index is 0.0256. The van der Waals surface area contributed by atoms with Crippen molar-refractivity contribution in [1.29, 1.82) is 0 Å². The molecule has 4 atom stereocenters. The average Bonchev–Trinajstić information content (AvgIpc) is 2.61. The van der Waals surface area contributed by atoms with Gasteiger partial charge in [-0.1, -0.05) is 13.0 Å². The summed E-state index contributed by atoms with van der Waals surface area (Å²) in [5.74, 6) is -2.54. The zero-order valence-electron chi connectivity index (χ0n) is 15.2. The lowest BCUT2D eigenvalue weighted by Gasteiger charge is -2.22. The Morgan fingerprint density at radius 2 is 1.85 bits per heavy atom. The maximum Gasteiger partial charge on any atom is 0.329 e. The van der Waals surface area contributed by atoms with E-state index in [9.17, 15) is 23.8 Å². The molecule has 0 heterocycles. The summed E-state index contributed by atoms with van der Waals surface area (Å²) in [6, 6.07) is -1.35. The molecule has 0 rings (SSSR count). The van der Waals surface area contributed by atoms with Crippen LogP contribution in [-0.4, -0.2) is 70.7 Å². The predicted octanol–water partition coefficient (Wildman–Crippen LogP) is 0.593. The van der Waals surface area contributed by atoms with Gasteiger partial charge in [0, 0.05) is 18.8 Å². The second-order valence-corrected chi connectivity index (χ2v) is 7.87. The molecule has 0 aliphatic heterocycles. The van der Waals surface area contributed by atoms with Gasteiger partial charge >= 0.3 is 11.9 Å². The number of carboxylic acid groups (broad SMARTS) is 2. The van der Waals surface area contributed by atoms with Gasteiger partial charge in [-0.2, -0.15) is 0 Å². The van der Waals surface area contributed by atoms with Crippen molar-refractivity contribution in [2.75, 3.05) is 19.9 Å². The standard InChI is InChI=1S/C16H26NO9P/c1-4-10(8-13(25-3)12(5-2)26-9-14(18)19)16(22)27(23,24)7-6-11(17)15(20)21/h5,8,11-13H,2,4,6-7,9,17H2,1,3H3,(H,18,19)(H,20,21)(H,23,24)/b10-8+. The Balaban J connectivity index is 5.39. The van der Waals surface area contributed by atoms with Crippen LogP contribution in [-0.2, 0) is 28.4 Å². The van der Waals surface area contributed by atoms with Crippen molar-refractivity contribution < 1.29 is 43.5 Å². The first kappa shape index (κ1) is 25.2. The first-order valence-electron chi connectivity index (χ1n) is 8.04. The molecule has 0 aromatic rings. The Hall–Kier alpha value is -1.84. The number of hydrogen-bond donors (Lipinski definition) is 4. The number of hydrogen-bond acceptors (Lipinski definition) is 7. The molecule has 5 N–H and O–H groups in total. The maximum absolute atomic E-state index is 12.4. The minimum Gasteiger partial charge on any atom is -0.480 e. The second kappa shape index (κ2) is 11.8. The third-order valence-corrected chi connectivity index (χ3v) is 5.41. The average molecular weight is 407 g/mol. The highest BCUT2D eigenvalue weighted by Crippen LogP contribution is 2.45. The van der Waals surface area contributed by atoms with Crippen LogP contribution < -0.4 is 5.73 Å². The Morgan fingerprint density at radius 1 is 1.26 bits per heavy atom. The van der Waals surface area contributed by atoms with E-state index in [0.717, 1.165) is 0 Å². The van der Waals surface area contributed by atoms with Crippen molar-refractivity contribution in [2.24, 2.45) is 5.73 Å². The van der Waals surface area contributed by atoms with Crippen LogP contribution >= 0.6 is 7.37 Å². The fourth-order valence-electron chi connectivity index (χ4n) is 2.06. The third kappa shape index (κ3) is 8.59. The van der Waals surface area contributed by atoms with Crippen molar-refractivity contribution >= 4 is 24.8 Å². The number of aliphatic carboxylic acids is 2. The fourth-order valence-corrected chi connectivity index (χ4v) is 3.58. The monoisotopic (exact) mass is 407 g/mol. The van der Waals surface area contributed by atoms with Gasteiger partial charge in [0.05, 0.1) is 0 Å². The first-order chi connectivity index (χ1) is 12.5. The summed E-state index contributed by atoms with van der Waals surface area (Å²) in [5.41, 5.74) is 4.23. The largest absolute Gasteiger partial charge is 0.480 e. The van der Waals surface area contributed by atoms with E-state index in [2.05, 4.69) is 6.58 Å². The van der Waals surface area contributed by atoms with E-state index in [-0.39, 0.29) is 18.4 Å². The lowest BCUT2D eigenvalue weighted by molar-refractivity contribution is -0.145. The van der Waals surface area contributed by atoms with E-state index >= 15 is 0 Å². The molecule has 0 aliphatic rings. The minimum atomic E-state index is -4.35. The van der Waals surface area contributed by atoms with Crippen LogP contribution in [0.2, 0.25) is 0 Å². The molecule has 0 saturated heterocycles. The van der Waals surface area contributed by atoms with E-state index in [1.165, 1.54) is 19.3 Å². The Morgan fingerprint density at radius 3 is 2.26 bits per heavy atom. The molecular formula is C16H26NO9P. The van der Waals surface area contributed by atoms with Crippen molar-refractivity contribution in [1.82, 2.24) is 0 Å². The van der Waals surface area contributed by atoms with Gasteiger partial charge in [-0.25, -0.2) is 4.79 Å². The Kier molecular flexibility index (Phi) is 11.0. The zero-order chi connectivity index (χ0) is 21.2. The van der Waals surface area contributed by atoms with E-state index in [4.69, 9.17) is 25.4 Å². The van der Waals surface area contributed by atoms with Gasteiger partial charge in [0.15, 0.2) is 0 Å². The normalized spacial score (nSPS) is 17.4. The molecule has 154 valence electrons. The molecule has 27 heavy (non-hydrogen) atoms. The number of nitrogens with two attached hydrogens (primary N) is 1. The Bertz CT molecular complexity index is 631. The van der Waals surface area contributed by atoms with Gasteiger partial charge in [0.25, 0.3) is 7.37 Å². The molecule has 0 bridgehead atoms.